The molecule has 2 heterocycles. The van der Waals surface area contributed by atoms with E-state index >= 15 is 0 Å². The first-order valence-corrected chi connectivity index (χ1v) is 8.52. The van der Waals surface area contributed by atoms with Crippen LogP contribution in [0.15, 0.2) is 0 Å². The van der Waals surface area contributed by atoms with Crippen LogP contribution in [-0.4, -0.2) is 79.5 Å². The van der Waals surface area contributed by atoms with Crippen LogP contribution in [0.2, 0.25) is 0 Å². The molecule has 0 aromatic rings. The van der Waals surface area contributed by atoms with E-state index in [1.807, 2.05) is 0 Å². The summed E-state index contributed by atoms with van der Waals surface area (Å²) in [6, 6.07) is 0. The molecule has 0 saturated carbocycles. The minimum absolute atomic E-state index is 0.136. The van der Waals surface area contributed by atoms with Crippen LogP contribution < -0.4 is 0 Å². The van der Waals surface area contributed by atoms with Crippen molar-refractivity contribution in [2.45, 2.75) is 19.8 Å². The average molecular weight is 291 g/mol. The number of aliphatic hydroxyl groups excluding tert-OH is 1. The third-order valence-corrected chi connectivity index (χ3v) is 6.18. The molecule has 0 amide bonds. The van der Waals surface area contributed by atoms with Crippen LogP contribution in [0, 0.1) is 5.92 Å². The topological polar surface area (TPSA) is 64.1 Å². The first kappa shape index (κ1) is 15.2. The van der Waals surface area contributed by atoms with Gasteiger partial charge in [-0.1, -0.05) is 6.92 Å². The molecule has 0 spiro atoms. The Kier molecular flexibility index (Phi) is 5.19. The largest absolute Gasteiger partial charge is 0.395 e. The van der Waals surface area contributed by atoms with Gasteiger partial charge in [-0.25, -0.2) is 0 Å². The molecule has 112 valence electrons. The minimum atomic E-state index is -3.27. The Balaban J connectivity index is 1.90. The van der Waals surface area contributed by atoms with Gasteiger partial charge in [0.25, 0.3) is 10.2 Å². The molecule has 1 N–H and O–H groups in total. The van der Waals surface area contributed by atoms with Crippen molar-refractivity contribution in [1.82, 2.24) is 13.5 Å². The predicted octanol–water partition coefficient (Wildman–Crippen LogP) is -0.427. The first-order valence-electron chi connectivity index (χ1n) is 7.12. The summed E-state index contributed by atoms with van der Waals surface area (Å²) in [6.07, 6.45) is 1.92. The van der Waals surface area contributed by atoms with Gasteiger partial charge in [0.15, 0.2) is 0 Å². The second-order valence-corrected chi connectivity index (χ2v) is 7.48. The Morgan fingerprint density at radius 1 is 1.00 bits per heavy atom. The summed E-state index contributed by atoms with van der Waals surface area (Å²) in [5.74, 6) is 0.632. The van der Waals surface area contributed by atoms with Gasteiger partial charge >= 0.3 is 0 Å². The fraction of sp³-hybridized carbons (Fsp3) is 1.00. The van der Waals surface area contributed by atoms with Crippen LogP contribution in [0.4, 0.5) is 0 Å². The second kappa shape index (κ2) is 6.49. The molecule has 0 aromatic heterocycles. The zero-order chi connectivity index (χ0) is 13.9. The molecule has 6 nitrogen and oxygen atoms in total. The van der Waals surface area contributed by atoms with E-state index in [1.165, 1.54) is 0 Å². The molecule has 0 radical (unpaired) electrons. The summed E-state index contributed by atoms with van der Waals surface area (Å²) >= 11 is 0. The quantitative estimate of drug-likeness (QED) is 0.764. The average Bonchev–Trinajstić information content (AvgIpc) is 2.40. The van der Waals surface area contributed by atoms with Gasteiger partial charge in [0.2, 0.25) is 0 Å². The normalized spacial score (nSPS) is 25.8. The van der Waals surface area contributed by atoms with E-state index in [2.05, 4.69) is 11.8 Å². The molecule has 2 rings (SSSR count). The summed E-state index contributed by atoms with van der Waals surface area (Å²) in [6.45, 7) is 6.75. The van der Waals surface area contributed by atoms with Gasteiger partial charge in [-0.2, -0.15) is 17.0 Å². The van der Waals surface area contributed by atoms with E-state index in [-0.39, 0.29) is 6.61 Å². The molecule has 0 atom stereocenters. The first-order chi connectivity index (χ1) is 9.04. The van der Waals surface area contributed by atoms with Gasteiger partial charge in [0, 0.05) is 45.8 Å². The molecule has 0 unspecified atom stereocenters. The number of rotatable bonds is 4. The number of nitrogens with zero attached hydrogens (tertiary/aromatic N) is 3. The van der Waals surface area contributed by atoms with Crippen molar-refractivity contribution >= 4 is 10.2 Å². The van der Waals surface area contributed by atoms with Gasteiger partial charge in [0.05, 0.1) is 6.61 Å². The van der Waals surface area contributed by atoms with Crippen molar-refractivity contribution < 1.29 is 13.5 Å². The number of hydrogen-bond acceptors (Lipinski definition) is 4. The van der Waals surface area contributed by atoms with Crippen LogP contribution in [-0.2, 0) is 10.2 Å². The molecule has 2 aliphatic heterocycles. The molecular weight excluding hydrogens is 266 g/mol. The number of piperidine rings is 1. The van der Waals surface area contributed by atoms with Crippen LogP contribution in [0.3, 0.4) is 0 Å². The lowest BCUT2D eigenvalue weighted by Gasteiger charge is -2.38. The zero-order valence-electron chi connectivity index (χ0n) is 11.7. The lowest BCUT2D eigenvalue weighted by Crippen LogP contribution is -2.54. The summed E-state index contributed by atoms with van der Waals surface area (Å²) in [5.41, 5.74) is 0. The molecule has 19 heavy (non-hydrogen) atoms. The maximum absolute atomic E-state index is 12.5. The van der Waals surface area contributed by atoms with E-state index in [0.717, 1.165) is 12.8 Å². The lowest BCUT2D eigenvalue weighted by atomic mass is 10.0. The molecule has 2 aliphatic rings. The molecule has 2 saturated heterocycles. The van der Waals surface area contributed by atoms with Crippen LogP contribution >= 0.6 is 0 Å². The fourth-order valence-electron chi connectivity index (χ4n) is 2.70. The second-order valence-electron chi connectivity index (χ2n) is 5.55. The standard InChI is InChI=1S/C12H25N3O3S/c1-12-2-4-14(5-3-12)19(17,18)15-8-6-13(7-9-15)10-11-16/h12,16H,2-11H2,1H3. The van der Waals surface area contributed by atoms with Crippen molar-refractivity contribution in [2.24, 2.45) is 5.92 Å². The highest BCUT2D eigenvalue weighted by Crippen LogP contribution is 2.21. The summed E-state index contributed by atoms with van der Waals surface area (Å²) < 4.78 is 28.2. The highest BCUT2D eigenvalue weighted by atomic mass is 32.2. The highest BCUT2D eigenvalue weighted by molar-refractivity contribution is 7.86. The smallest absolute Gasteiger partial charge is 0.282 e. The number of aliphatic hydroxyl groups is 1. The van der Waals surface area contributed by atoms with Gasteiger partial charge < -0.3 is 5.11 Å². The van der Waals surface area contributed by atoms with E-state index in [4.69, 9.17) is 5.11 Å². The molecule has 2 fully saturated rings. The van der Waals surface area contributed by atoms with Crippen LogP contribution in [0.5, 0.6) is 0 Å². The van der Waals surface area contributed by atoms with E-state index in [1.54, 1.807) is 8.61 Å². The molecule has 0 aliphatic carbocycles. The molecule has 7 heteroatoms. The van der Waals surface area contributed by atoms with E-state index < -0.39 is 10.2 Å². The Labute approximate surface area is 116 Å². The summed E-state index contributed by atoms with van der Waals surface area (Å²) in [5, 5.41) is 8.89. The monoisotopic (exact) mass is 291 g/mol. The Hall–Kier alpha value is -0.210. The Bertz CT molecular complexity index is 372. The van der Waals surface area contributed by atoms with Crippen molar-refractivity contribution in [2.75, 3.05) is 52.4 Å². The highest BCUT2D eigenvalue weighted by Gasteiger charge is 2.33. The zero-order valence-corrected chi connectivity index (χ0v) is 12.5. The van der Waals surface area contributed by atoms with E-state index in [9.17, 15) is 8.42 Å². The van der Waals surface area contributed by atoms with Crippen LogP contribution in [0.1, 0.15) is 19.8 Å². The van der Waals surface area contributed by atoms with Crippen LogP contribution in [0.25, 0.3) is 0 Å². The van der Waals surface area contributed by atoms with Crippen molar-refractivity contribution in [3.05, 3.63) is 0 Å². The SMILES string of the molecule is CC1CCN(S(=O)(=O)N2CCN(CCO)CC2)CC1. The fourth-order valence-corrected chi connectivity index (χ4v) is 4.33. The Morgan fingerprint density at radius 3 is 2.05 bits per heavy atom. The lowest BCUT2D eigenvalue weighted by molar-refractivity contribution is 0.145. The maximum atomic E-state index is 12.5. The minimum Gasteiger partial charge on any atom is -0.395 e. The molecular formula is C12H25N3O3S. The Morgan fingerprint density at radius 2 is 1.53 bits per heavy atom. The number of piperazine rings is 1. The van der Waals surface area contributed by atoms with Gasteiger partial charge in [-0.15, -0.1) is 0 Å². The molecule has 0 aromatic carbocycles. The van der Waals surface area contributed by atoms with Crippen molar-refractivity contribution in [1.29, 1.82) is 0 Å². The number of hydrogen-bond donors (Lipinski definition) is 1. The third kappa shape index (κ3) is 3.66. The summed E-state index contributed by atoms with van der Waals surface area (Å²) in [7, 11) is -3.27. The van der Waals surface area contributed by atoms with Gasteiger partial charge in [-0.3, -0.25) is 4.90 Å². The third-order valence-electron chi connectivity index (χ3n) is 4.14. The summed E-state index contributed by atoms with van der Waals surface area (Å²) in [4.78, 5) is 2.10. The van der Waals surface area contributed by atoms with E-state index in [0.29, 0.717) is 51.7 Å². The molecule has 0 bridgehead atoms. The van der Waals surface area contributed by atoms with Gasteiger partial charge in [0.1, 0.15) is 0 Å². The number of β-amino-alcohol motifs (C(OH)–C–C–N with tert-alkyl or cyclic N) is 1. The van der Waals surface area contributed by atoms with Crippen molar-refractivity contribution in [3.8, 4) is 0 Å². The maximum Gasteiger partial charge on any atom is 0.282 e. The van der Waals surface area contributed by atoms with Gasteiger partial charge in [-0.05, 0) is 18.8 Å². The van der Waals surface area contributed by atoms with Crippen molar-refractivity contribution in [3.63, 3.8) is 0 Å². The predicted molar refractivity (Wildman–Crippen MR) is 74.0 cm³/mol.